The maximum atomic E-state index is 13.2. The monoisotopic (exact) mass is 308 g/mol. The van der Waals surface area contributed by atoms with Crippen LogP contribution in [0.2, 0.25) is 5.02 Å². The lowest BCUT2D eigenvalue weighted by atomic mass is 10.1. The molecule has 0 aromatic heterocycles. The van der Waals surface area contributed by atoms with Gasteiger partial charge in [0.15, 0.2) is 0 Å². The summed E-state index contributed by atoms with van der Waals surface area (Å²) in [5, 5.41) is 9.39. The molecule has 1 atom stereocenters. The van der Waals surface area contributed by atoms with Gasteiger partial charge in [0, 0.05) is 10.7 Å². The molecule has 0 aliphatic heterocycles. The number of hydrogen-bond acceptors (Lipinski definition) is 3. The molecule has 0 aliphatic carbocycles. The molecule has 0 amide bonds. The highest BCUT2D eigenvalue weighted by Gasteiger charge is 2.13. The molecule has 0 spiro atoms. The van der Waals surface area contributed by atoms with Crippen molar-refractivity contribution in [3.05, 3.63) is 58.4 Å². The van der Waals surface area contributed by atoms with Crippen LogP contribution >= 0.6 is 11.6 Å². The van der Waals surface area contributed by atoms with Crippen LogP contribution in [0.1, 0.15) is 11.1 Å². The lowest BCUT2D eigenvalue weighted by molar-refractivity contribution is 0.626. The van der Waals surface area contributed by atoms with Crippen molar-refractivity contribution in [3.63, 3.8) is 0 Å². The lowest BCUT2D eigenvalue weighted by Gasteiger charge is -2.08. The van der Waals surface area contributed by atoms with Crippen molar-refractivity contribution in [3.8, 4) is 6.07 Å². The van der Waals surface area contributed by atoms with Crippen molar-refractivity contribution in [2.45, 2.75) is 10.6 Å². The Morgan fingerprint density at radius 3 is 2.75 bits per heavy atom. The first-order chi connectivity index (χ1) is 9.51. The van der Waals surface area contributed by atoms with Gasteiger partial charge in [-0.05, 0) is 42.0 Å². The number of benzene rings is 2. The number of halogens is 2. The first-order valence-electron chi connectivity index (χ1n) is 5.63. The zero-order valence-corrected chi connectivity index (χ0v) is 11.8. The Hall–Kier alpha value is -1.90. The molecule has 0 bridgehead atoms. The number of nitrogen functional groups attached to an aromatic ring is 1. The normalized spacial score (nSPS) is 11.8. The number of rotatable bonds is 3. The fourth-order valence-electron chi connectivity index (χ4n) is 1.72. The number of nitrogens with two attached hydrogens (primary N) is 1. The van der Waals surface area contributed by atoms with Crippen molar-refractivity contribution in [2.75, 3.05) is 5.73 Å². The Balaban J connectivity index is 2.35. The molecule has 0 saturated heterocycles. The molecule has 0 heterocycles. The van der Waals surface area contributed by atoms with Crippen LogP contribution < -0.4 is 5.73 Å². The summed E-state index contributed by atoms with van der Waals surface area (Å²) in [5.74, 6) is -0.472. The van der Waals surface area contributed by atoms with Crippen LogP contribution in [0.4, 0.5) is 10.1 Å². The molecule has 2 rings (SSSR count). The maximum Gasteiger partial charge on any atom is 0.123 e. The van der Waals surface area contributed by atoms with Gasteiger partial charge in [-0.1, -0.05) is 11.6 Å². The predicted octanol–water partition coefficient (Wildman–Crippen LogP) is 3.24. The summed E-state index contributed by atoms with van der Waals surface area (Å²) < 4.78 is 25.5. The largest absolute Gasteiger partial charge is 0.398 e. The van der Waals surface area contributed by atoms with Gasteiger partial charge in [0.2, 0.25) is 0 Å². The topological polar surface area (TPSA) is 66.9 Å². The van der Waals surface area contributed by atoms with E-state index in [1.54, 1.807) is 12.1 Å². The fraction of sp³-hybridized carbons (Fsp3) is 0.0714. The molecule has 6 heteroatoms. The van der Waals surface area contributed by atoms with Crippen molar-refractivity contribution in [1.82, 2.24) is 0 Å². The highest BCUT2D eigenvalue weighted by molar-refractivity contribution is 7.84. The van der Waals surface area contributed by atoms with Crippen molar-refractivity contribution in [2.24, 2.45) is 0 Å². The highest BCUT2D eigenvalue weighted by Crippen LogP contribution is 2.24. The predicted molar refractivity (Wildman–Crippen MR) is 77.1 cm³/mol. The summed E-state index contributed by atoms with van der Waals surface area (Å²) in [6, 6.07) is 10.4. The van der Waals surface area contributed by atoms with Crippen LogP contribution in [0, 0.1) is 17.1 Å². The number of anilines is 1. The minimum Gasteiger partial charge on any atom is -0.398 e. The zero-order chi connectivity index (χ0) is 14.7. The molecular weight excluding hydrogens is 299 g/mol. The Kier molecular flexibility index (Phi) is 4.38. The molecule has 3 nitrogen and oxygen atoms in total. The van der Waals surface area contributed by atoms with Crippen LogP contribution in [0.15, 0.2) is 41.3 Å². The van der Waals surface area contributed by atoms with E-state index in [1.165, 1.54) is 24.3 Å². The minimum absolute atomic E-state index is 0.00515. The third-order valence-corrected chi connectivity index (χ3v) is 4.35. The van der Waals surface area contributed by atoms with Gasteiger partial charge in [-0.25, -0.2) is 4.39 Å². The van der Waals surface area contributed by atoms with E-state index in [-0.39, 0.29) is 5.75 Å². The molecule has 0 radical (unpaired) electrons. The van der Waals surface area contributed by atoms with Gasteiger partial charge >= 0.3 is 0 Å². The van der Waals surface area contributed by atoms with Crippen LogP contribution in [0.5, 0.6) is 0 Å². The van der Waals surface area contributed by atoms with E-state index in [1.807, 2.05) is 6.07 Å². The highest BCUT2D eigenvalue weighted by atomic mass is 35.5. The van der Waals surface area contributed by atoms with E-state index in [9.17, 15) is 8.60 Å². The van der Waals surface area contributed by atoms with Crippen LogP contribution in [-0.4, -0.2) is 4.21 Å². The second kappa shape index (κ2) is 6.04. The molecule has 2 N–H and O–H groups in total. The molecule has 0 saturated carbocycles. The molecule has 0 fully saturated rings. The number of nitriles is 1. The Morgan fingerprint density at radius 2 is 2.05 bits per heavy atom. The molecular formula is C14H10ClFN2OS. The van der Waals surface area contributed by atoms with Gasteiger partial charge in [-0.3, -0.25) is 4.21 Å². The average molecular weight is 309 g/mol. The standard InChI is InChI=1S/C14H10ClFN2OS/c15-11-2-4-13(18)14(6-11)20(19)8-10-5-12(16)3-1-9(10)7-17/h1-6H,8,18H2. The number of hydrogen-bond donors (Lipinski definition) is 1. The summed E-state index contributed by atoms with van der Waals surface area (Å²) in [7, 11) is -1.50. The van der Waals surface area contributed by atoms with Gasteiger partial charge in [0.1, 0.15) is 5.82 Å². The molecule has 1 unspecified atom stereocenters. The van der Waals surface area contributed by atoms with Gasteiger partial charge < -0.3 is 5.73 Å². The van der Waals surface area contributed by atoms with Crippen molar-refractivity contribution >= 4 is 28.1 Å². The van der Waals surface area contributed by atoms with Crippen molar-refractivity contribution < 1.29 is 8.60 Å². The summed E-state index contributed by atoms with van der Waals surface area (Å²) in [4.78, 5) is 0.380. The van der Waals surface area contributed by atoms with Gasteiger partial charge in [-0.15, -0.1) is 0 Å². The van der Waals surface area contributed by atoms with E-state index in [0.717, 1.165) is 0 Å². The third-order valence-electron chi connectivity index (χ3n) is 2.70. The molecule has 0 aliphatic rings. The van der Waals surface area contributed by atoms with Crippen molar-refractivity contribution in [1.29, 1.82) is 5.26 Å². The maximum absolute atomic E-state index is 13.2. The average Bonchev–Trinajstić information content (AvgIpc) is 2.41. The lowest BCUT2D eigenvalue weighted by Crippen LogP contribution is -2.03. The molecule has 20 heavy (non-hydrogen) atoms. The first-order valence-corrected chi connectivity index (χ1v) is 7.33. The second-order valence-corrected chi connectivity index (χ2v) is 5.94. The third kappa shape index (κ3) is 3.16. The fourth-order valence-corrected chi connectivity index (χ4v) is 3.22. The van der Waals surface area contributed by atoms with E-state index >= 15 is 0 Å². The van der Waals surface area contributed by atoms with Gasteiger partial charge in [0.25, 0.3) is 0 Å². The van der Waals surface area contributed by atoms with Gasteiger partial charge in [0.05, 0.1) is 33.1 Å². The quantitative estimate of drug-likeness (QED) is 0.885. The van der Waals surface area contributed by atoms with E-state index in [4.69, 9.17) is 22.6 Å². The van der Waals surface area contributed by atoms with Crippen LogP contribution in [0.25, 0.3) is 0 Å². The van der Waals surface area contributed by atoms with E-state index in [0.29, 0.717) is 26.7 Å². The molecule has 2 aromatic rings. The Bertz CT molecular complexity index is 728. The molecule has 2 aromatic carbocycles. The first kappa shape index (κ1) is 14.5. The second-order valence-electron chi connectivity index (χ2n) is 4.09. The van der Waals surface area contributed by atoms with Gasteiger partial charge in [-0.2, -0.15) is 5.26 Å². The summed E-state index contributed by atoms with van der Waals surface area (Å²) in [6.45, 7) is 0. The van der Waals surface area contributed by atoms with E-state index < -0.39 is 16.6 Å². The zero-order valence-electron chi connectivity index (χ0n) is 10.3. The van der Waals surface area contributed by atoms with Crippen LogP contribution in [-0.2, 0) is 16.6 Å². The van der Waals surface area contributed by atoms with Crippen LogP contribution in [0.3, 0.4) is 0 Å². The van der Waals surface area contributed by atoms with E-state index in [2.05, 4.69) is 0 Å². The smallest absolute Gasteiger partial charge is 0.123 e. The summed E-state index contributed by atoms with van der Waals surface area (Å²) in [5.41, 5.74) is 6.78. The molecule has 102 valence electrons. The summed E-state index contributed by atoms with van der Waals surface area (Å²) in [6.07, 6.45) is 0. The summed E-state index contributed by atoms with van der Waals surface area (Å²) >= 11 is 5.85. The number of nitrogens with zero attached hydrogens (tertiary/aromatic N) is 1. The SMILES string of the molecule is N#Cc1ccc(F)cc1CS(=O)c1cc(Cl)ccc1N. The Morgan fingerprint density at radius 1 is 1.30 bits per heavy atom. The minimum atomic E-state index is -1.50. The Labute approximate surface area is 123 Å².